The highest BCUT2D eigenvalue weighted by molar-refractivity contribution is 7.92. The third kappa shape index (κ3) is 3.09. The van der Waals surface area contributed by atoms with Crippen LogP contribution in [0.5, 0.6) is 0 Å². The number of anilines is 1. The maximum Gasteiger partial charge on any atom is 0.265 e. The van der Waals surface area contributed by atoms with Crippen molar-refractivity contribution in [3.05, 3.63) is 41.4 Å². The van der Waals surface area contributed by atoms with Crippen LogP contribution in [-0.4, -0.2) is 29.9 Å². The lowest BCUT2D eigenvalue weighted by molar-refractivity contribution is 0.269. The summed E-state index contributed by atoms with van der Waals surface area (Å²) in [5, 5.41) is 12.3. The molecular formula is C11H11ClFN3O3S. The molecule has 0 bridgehead atoms. The van der Waals surface area contributed by atoms with E-state index < -0.39 is 15.8 Å². The summed E-state index contributed by atoms with van der Waals surface area (Å²) in [5.41, 5.74) is -0.243. The van der Waals surface area contributed by atoms with E-state index in [2.05, 4.69) is 9.82 Å². The Morgan fingerprint density at radius 1 is 1.45 bits per heavy atom. The summed E-state index contributed by atoms with van der Waals surface area (Å²) >= 11 is 5.58. The van der Waals surface area contributed by atoms with Gasteiger partial charge in [0.1, 0.15) is 4.90 Å². The van der Waals surface area contributed by atoms with Gasteiger partial charge in [-0.1, -0.05) is 17.7 Å². The lowest BCUT2D eigenvalue weighted by atomic mass is 10.3. The van der Waals surface area contributed by atoms with Gasteiger partial charge in [-0.05, 0) is 12.1 Å². The van der Waals surface area contributed by atoms with Crippen LogP contribution in [0.3, 0.4) is 0 Å². The maximum atomic E-state index is 13.7. The fourth-order valence-electron chi connectivity index (χ4n) is 1.49. The van der Waals surface area contributed by atoms with Crippen molar-refractivity contribution in [1.29, 1.82) is 0 Å². The molecule has 0 fully saturated rings. The second-order valence-corrected chi connectivity index (χ2v) is 5.96. The minimum absolute atomic E-state index is 0.134. The molecule has 0 aliphatic carbocycles. The molecule has 0 atom stereocenters. The standard InChI is InChI=1S/C11H11ClFN3O3S/c12-9-2-1-3-10(11(9)13)15-20(18,19)8-6-14-16(7-8)4-5-17/h1-3,6-7,15,17H,4-5H2. The second kappa shape index (κ2) is 5.78. The Balaban J connectivity index is 2.28. The fourth-order valence-corrected chi connectivity index (χ4v) is 2.68. The van der Waals surface area contributed by atoms with Crippen LogP contribution in [0, 0.1) is 5.82 Å². The fraction of sp³-hybridized carbons (Fsp3) is 0.182. The lowest BCUT2D eigenvalue weighted by Gasteiger charge is -2.07. The Morgan fingerprint density at radius 2 is 2.20 bits per heavy atom. The van der Waals surface area contributed by atoms with Gasteiger partial charge in [0.15, 0.2) is 5.82 Å². The van der Waals surface area contributed by atoms with E-state index in [4.69, 9.17) is 16.7 Å². The molecule has 0 aliphatic heterocycles. The molecule has 0 saturated carbocycles. The van der Waals surface area contributed by atoms with Gasteiger partial charge >= 0.3 is 0 Å². The number of aliphatic hydroxyl groups excluding tert-OH is 1. The minimum Gasteiger partial charge on any atom is -0.394 e. The van der Waals surface area contributed by atoms with E-state index in [1.54, 1.807) is 0 Å². The van der Waals surface area contributed by atoms with Gasteiger partial charge in [0, 0.05) is 6.20 Å². The molecule has 0 unspecified atom stereocenters. The first-order valence-electron chi connectivity index (χ1n) is 5.54. The first-order valence-corrected chi connectivity index (χ1v) is 7.40. The predicted octanol–water partition coefficient (Wildman–Crippen LogP) is 1.47. The van der Waals surface area contributed by atoms with Gasteiger partial charge in [0.2, 0.25) is 0 Å². The Labute approximate surface area is 119 Å². The van der Waals surface area contributed by atoms with Crippen molar-refractivity contribution < 1.29 is 17.9 Å². The molecule has 2 rings (SSSR count). The summed E-state index contributed by atoms with van der Waals surface area (Å²) in [6.45, 7) is -0.00142. The van der Waals surface area contributed by atoms with Gasteiger partial charge < -0.3 is 5.11 Å². The van der Waals surface area contributed by atoms with Crippen molar-refractivity contribution in [1.82, 2.24) is 9.78 Å². The van der Waals surface area contributed by atoms with Crippen LogP contribution >= 0.6 is 11.6 Å². The van der Waals surface area contributed by atoms with Crippen molar-refractivity contribution in [2.75, 3.05) is 11.3 Å². The van der Waals surface area contributed by atoms with E-state index in [-0.39, 0.29) is 28.8 Å². The van der Waals surface area contributed by atoms with E-state index in [1.165, 1.54) is 29.1 Å². The number of sulfonamides is 1. The normalized spacial score (nSPS) is 11.6. The molecule has 0 aliphatic rings. The van der Waals surface area contributed by atoms with Gasteiger partial charge in [0.25, 0.3) is 10.0 Å². The number of rotatable bonds is 5. The van der Waals surface area contributed by atoms with Crippen LogP contribution in [0.4, 0.5) is 10.1 Å². The van der Waals surface area contributed by atoms with Crippen LogP contribution < -0.4 is 4.72 Å². The highest BCUT2D eigenvalue weighted by Gasteiger charge is 2.19. The number of benzene rings is 1. The number of nitrogens with one attached hydrogen (secondary N) is 1. The zero-order chi connectivity index (χ0) is 14.8. The highest BCUT2D eigenvalue weighted by Crippen LogP contribution is 2.24. The SMILES string of the molecule is O=S(=O)(Nc1cccc(Cl)c1F)c1cnn(CCO)c1. The summed E-state index contributed by atoms with van der Waals surface area (Å²) < 4.78 is 41.1. The van der Waals surface area contributed by atoms with Crippen LogP contribution in [0.15, 0.2) is 35.5 Å². The van der Waals surface area contributed by atoms with Crippen molar-refractivity contribution in [2.24, 2.45) is 0 Å². The Kier molecular flexibility index (Phi) is 4.26. The monoisotopic (exact) mass is 319 g/mol. The van der Waals surface area contributed by atoms with E-state index in [9.17, 15) is 12.8 Å². The third-order valence-electron chi connectivity index (χ3n) is 2.44. The first-order chi connectivity index (χ1) is 9.44. The number of aromatic nitrogens is 2. The molecule has 0 amide bonds. The molecule has 20 heavy (non-hydrogen) atoms. The van der Waals surface area contributed by atoms with Crippen LogP contribution in [0.1, 0.15) is 0 Å². The van der Waals surface area contributed by atoms with Gasteiger partial charge in [0.05, 0.1) is 30.1 Å². The maximum absolute atomic E-state index is 13.7. The zero-order valence-electron chi connectivity index (χ0n) is 10.1. The largest absolute Gasteiger partial charge is 0.394 e. The topological polar surface area (TPSA) is 84.2 Å². The lowest BCUT2D eigenvalue weighted by Crippen LogP contribution is -2.13. The molecule has 0 spiro atoms. The van der Waals surface area contributed by atoms with Crippen molar-refractivity contribution in [3.8, 4) is 0 Å². The van der Waals surface area contributed by atoms with Crippen molar-refractivity contribution >= 4 is 27.3 Å². The zero-order valence-corrected chi connectivity index (χ0v) is 11.7. The Morgan fingerprint density at radius 3 is 2.90 bits per heavy atom. The smallest absolute Gasteiger partial charge is 0.265 e. The summed E-state index contributed by atoms with van der Waals surface area (Å²) in [5.74, 6) is -0.847. The molecule has 108 valence electrons. The number of nitrogens with zero attached hydrogens (tertiary/aromatic N) is 2. The average molecular weight is 320 g/mol. The van der Waals surface area contributed by atoms with Crippen molar-refractivity contribution in [3.63, 3.8) is 0 Å². The van der Waals surface area contributed by atoms with Gasteiger partial charge in [-0.3, -0.25) is 9.40 Å². The van der Waals surface area contributed by atoms with Gasteiger partial charge in [-0.25, -0.2) is 12.8 Å². The summed E-state index contributed by atoms with van der Waals surface area (Å²) in [6, 6.07) is 4.00. The number of hydrogen-bond donors (Lipinski definition) is 2. The summed E-state index contributed by atoms with van der Waals surface area (Å²) in [6.07, 6.45) is 2.35. The third-order valence-corrected chi connectivity index (χ3v) is 4.06. The van der Waals surface area contributed by atoms with Gasteiger partial charge in [-0.2, -0.15) is 5.10 Å². The molecule has 1 aromatic heterocycles. The van der Waals surface area contributed by atoms with E-state index in [0.29, 0.717) is 0 Å². The minimum atomic E-state index is -3.96. The average Bonchev–Trinajstić information content (AvgIpc) is 2.85. The molecule has 2 N–H and O–H groups in total. The number of hydrogen-bond acceptors (Lipinski definition) is 4. The Bertz CT molecular complexity index is 717. The summed E-state index contributed by atoms with van der Waals surface area (Å²) in [7, 11) is -3.96. The number of aliphatic hydroxyl groups is 1. The van der Waals surface area contributed by atoms with Crippen molar-refractivity contribution in [2.45, 2.75) is 11.4 Å². The molecule has 9 heteroatoms. The summed E-state index contributed by atoms with van der Waals surface area (Å²) in [4.78, 5) is -0.134. The first kappa shape index (κ1) is 14.8. The molecule has 2 aromatic rings. The molecule has 0 saturated heterocycles. The molecule has 0 radical (unpaired) electrons. The predicted molar refractivity (Wildman–Crippen MR) is 71.5 cm³/mol. The van der Waals surface area contributed by atoms with Crippen LogP contribution in [-0.2, 0) is 16.6 Å². The van der Waals surface area contributed by atoms with Crippen LogP contribution in [0.25, 0.3) is 0 Å². The molecule has 1 heterocycles. The van der Waals surface area contributed by atoms with E-state index >= 15 is 0 Å². The quantitative estimate of drug-likeness (QED) is 0.874. The highest BCUT2D eigenvalue weighted by atomic mass is 35.5. The molecular weight excluding hydrogens is 309 g/mol. The molecule has 1 aromatic carbocycles. The molecule has 6 nitrogen and oxygen atoms in total. The van der Waals surface area contributed by atoms with Gasteiger partial charge in [-0.15, -0.1) is 0 Å². The Hall–Kier alpha value is -1.64. The van der Waals surface area contributed by atoms with Crippen LogP contribution in [0.2, 0.25) is 5.02 Å². The van der Waals surface area contributed by atoms with E-state index in [1.807, 2.05) is 0 Å². The van der Waals surface area contributed by atoms with E-state index in [0.717, 1.165) is 6.20 Å². The number of halogens is 2. The second-order valence-electron chi connectivity index (χ2n) is 3.87.